The van der Waals surface area contributed by atoms with Crippen molar-refractivity contribution in [3.05, 3.63) is 205 Å². The van der Waals surface area contributed by atoms with E-state index in [-0.39, 0.29) is 5.41 Å². The van der Waals surface area contributed by atoms with Gasteiger partial charge in [0.1, 0.15) is 0 Å². The topological polar surface area (TPSA) is 8.17 Å². The number of anilines is 3. The van der Waals surface area contributed by atoms with Crippen molar-refractivity contribution in [3.63, 3.8) is 0 Å². The SMILES string of the molecule is CC1(C)c2ccccc2-c2c1ccc1c2N(c2ccccc2)c2cccc3c(-c4ccc5c(c4)c4cc(-c6ccccc6)ccc4n5-c4ccccc4)ccc-1c23. The highest BCUT2D eigenvalue weighted by atomic mass is 15.2. The third-order valence-corrected chi connectivity index (χ3v) is 12.7. The molecule has 0 radical (unpaired) electrons. The normalized spacial score (nSPS) is 13.5. The van der Waals surface area contributed by atoms with Gasteiger partial charge >= 0.3 is 0 Å². The van der Waals surface area contributed by atoms with Gasteiger partial charge in [-0.25, -0.2) is 0 Å². The highest BCUT2D eigenvalue weighted by molar-refractivity contribution is 6.20. The Labute approximate surface area is 332 Å². The fourth-order valence-corrected chi connectivity index (χ4v) is 10.1. The maximum atomic E-state index is 2.53. The molecule has 0 spiro atoms. The summed E-state index contributed by atoms with van der Waals surface area (Å²) in [5, 5.41) is 5.04. The van der Waals surface area contributed by atoms with Crippen LogP contribution in [0.25, 0.3) is 82.8 Å². The van der Waals surface area contributed by atoms with E-state index in [0.29, 0.717) is 0 Å². The van der Waals surface area contributed by atoms with Gasteiger partial charge in [-0.1, -0.05) is 153 Å². The summed E-state index contributed by atoms with van der Waals surface area (Å²) >= 11 is 0. The predicted octanol–water partition coefficient (Wildman–Crippen LogP) is 15.0. The van der Waals surface area contributed by atoms with Crippen LogP contribution in [0.3, 0.4) is 0 Å². The molecule has 0 atom stereocenters. The molecular weight excluding hydrogens is 689 g/mol. The maximum absolute atomic E-state index is 2.53. The Hall–Kier alpha value is -7.16. The molecule has 12 rings (SSSR count). The van der Waals surface area contributed by atoms with Crippen molar-refractivity contribution in [2.75, 3.05) is 4.90 Å². The molecule has 1 aromatic heterocycles. The van der Waals surface area contributed by atoms with Crippen LogP contribution in [0.15, 0.2) is 194 Å². The lowest BCUT2D eigenvalue weighted by molar-refractivity contribution is 0.660. The summed E-state index contributed by atoms with van der Waals surface area (Å²) in [6.45, 7) is 4.74. The summed E-state index contributed by atoms with van der Waals surface area (Å²) < 4.78 is 2.41. The fourth-order valence-electron chi connectivity index (χ4n) is 10.1. The van der Waals surface area contributed by atoms with Crippen LogP contribution in [0.5, 0.6) is 0 Å². The van der Waals surface area contributed by atoms with Crippen LogP contribution in [0.2, 0.25) is 0 Å². The number of fused-ring (bicyclic) bond motifs is 9. The van der Waals surface area contributed by atoms with Gasteiger partial charge < -0.3 is 9.47 Å². The van der Waals surface area contributed by atoms with Gasteiger partial charge in [0, 0.05) is 44.1 Å². The molecule has 0 saturated carbocycles. The molecule has 2 aliphatic rings. The van der Waals surface area contributed by atoms with Crippen LogP contribution in [-0.4, -0.2) is 4.57 Å². The van der Waals surface area contributed by atoms with E-state index in [1.807, 2.05) is 0 Å². The zero-order valence-corrected chi connectivity index (χ0v) is 31.9. The molecule has 10 aromatic rings. The van der Waals surface area contributed by atoms with Gasteiger partial charge in [-0.2, -0.15) is 0 Å². The molecule has 57 heavy (non-hydrogen) atoms. The lowest BCUT2D eigenvalue weighted by atomic mass is 9.80. The van der Waals surface area contributed by atoms with Gasteiger partial charge in [0.2, 0.25) is 0 Å². The first kappa shape index (κ1) is 32.1. The first-order valence-electron chi connectivity index (χ1n) is 19.9. The van der Waals surface area contributed by atoms with E-state index >= 15 is 0 Å². The van der Waals surface area contributed by atoms with Crippen molar-refractivity contribution >= 4 is 49.6 Å². The van der Waals surface area contributed by atoms with Crippen LogP contribution in [0, 0.1) is 0 Å². The molecule has 9 aromatic carbocycles. The third kappa shape index (κ3) is 4.53. The van der Waals surface area contributed by atoms with Crippen molar-refractivity contribution < 1.29 is 0 Å². The lowest BCUT2D eigenvalue weighted by Crippen LogP contribution is -2.18. The Morgan fingerprint density at radius 3 is 1.75 bits per heavy atom. The second-order valence-electron chi connectivity index (χ2n) is 16.1. The van der Waals surface area contributed by atoms with Crippen molar-refractivity contribution in [1.29, 1.82) is 0 Å². The molecule has 0 N–H and O–H groups in total. The number of benzene rings is 9. The third-order valence-electron chi connectivity index (χ3n) is 12.7. The molecule has 2 nitrogen and oxygen atoms in total. The molecule has 1 aliphatic carbocycles. The minimum atomic E-state index is -0.0937. The number of hydrogen-bond donors (Lipinski definition) is 0. The van der Waals surface area contributed by atoms with Crippen molar-refractivity contribution in [2.24, 2.45) is 0 Å². The minimum absolute atomic E-state index is 0.0937. The van der Waals surface area contributed by atoms with Crippen LogP contribution in [0.1, 0.15) is 25.0 Å². The van der Waals surface area contributed by atoms with Gasteiger partial charge in [-0.05, 0) is 104 Å². The summed E-state index contributed by atoms with van der Waals surface area (Å²) in [7, 11) is 0. The minimum Gasteiger partial charge on any atom is -0.309 e. The molecule has 2 heteroatoms. The van der Waals surface area contributed by atoms with E-state index < -0.39 is 0 Å². The van der Waals surface area contributed by atoms with Crippen LogP contribution < -0.4 is 4.90 Å². The quantitative estimate of drug-likeness (QED) is 0.175. The molecule has 0 bridgehead atoms. The van der Waals surface area contributed by atoms with Gasteiger partial charge in [0.05, 0.1) is 22.4 Å². The Balaban J connectivity index is 1.12. The Morgan fingerprint density at radius 2 is 1.00 bits per heavy atom. The summed E-state index contributed by atoms with van der Waals surface area (Å²) in [5.41, 5.74) is 20.0. The van der Waals surface area contributed by atoms with Crippen molar-refractivity contribution in [2.45, 2.75) is 19.3 Å². The first-order valence-corrected chi connectivity index (χ1v) is 19.9. The fraction of sp³-hybridized carbons (Fsp3) is 0.0545. The molecule has 268 valence electrons. The van der Waals surface area contributed by atoms with E-state index in [2.05, 4.69) is 217 Å². The monoisotopic (exact) mass is 726 g/mol. The highest BCUT2D eigenvalue weighted by Gasteiger charge is 2.40. The largest absolute Gasteiger partial charge is 0.309 e. The van der Waals surface area contributed by atoms with E-state index in [4.69, 9.17) is 0 Å². The molecule has 2 heterocycles. The summed E-state index contributed by atoms with van der Waals surface area (Å²) in [5.74, 6) is 0. The first-order chi connectivity index (χ1) is 28.1. The average molecular weight is 727 g/mol. The van der Waals surface area contributed by atoms with Crippen molar-refractivity contribution in [1.82, 2.24) is 4.57 Å². The van der Waals surface area contributed by atoms with E-state index in [1.165, 1.54) is 105 Å². The number of hydrogen-bond acceptors (Lipinski definition) is 1. The summed E-state index contributed by atoms with van der Waals surface area (Å²) in [4.78, 5) is 2.53. The molecule has 0 fully saturated rings. The lowest BCUT2D eigenvalue weighted by Gasteiger charge is -2.36. The van der Waals surface area contributed by atoms with Crippen LogP contribution in [0.4, 0.5) is 17.1 Å². The standard InChI is InChI=1S/C55H38N2/c1-55(2)47-23-13-12-21-44(47)53-48(55)30-29-43-42-28-27-40(41-22-14-24-51(52(41)42)57(54(43)53)39-19-10-5-11-20-39)37-26-32-50-46(34-37)45-33-36(35-15-6-3-7-16-35)25-31-49(45)56(50)38-17-8-4-9-18-38/h3-34H,1-2H3. The maximum Gasteiger partial charge on any atom is 0.0622 e. The molecule has 1 aliphatic heterocycles. The van der Waals surface area contributed by atoms with Crippen LogP contribution >= 0.6 is 0 Å². The van der Waals surface area contributed by atoms with E-state index in [1.54, 1.807) is 0 Å². The number of rotatable bonds is 4. The number of nitrogens with zero attached hydrogens (tertiary/aromatic N) is 2. The predicted molar refractivity (Wildman–Crippen MR) is 240 cm³/mol. The highest BCUT2D eigenvalue weighted by Crippen LogP contribution is 2.60. The summed E-state index contributed by atoms with van der Waals surface area (Å²) in [6.07, 6.45) is 0. The number of aromatic nitrogens is 1. The molecule has 0 saturated heterocycles. The van der Waals surface area contributed by atoms with Gasteiger partial charge in [0.15, 0.2) is 0 Å². The second kappa shape index (κ2) is 11.9. The van der Waals surface area contributed by atoms with Gasteiger partial charge in [0.25, 0.3) is 0 Å². The zero-order valence-electron chi connectivity index (χ0n) is 31.9. The van der Waals surface area contributed by atoms with E-state index in [0.717, 1.165) is 5.69 Å². The van der Waals surface area contributed by atoms with Gasteiger partial charge in [-0.3, -0.25) is 0 Å². The average Bonchev–Trinajstić information content (AvgIpc) is 3.72. The zero-order chi connectivity index (χ0) is 37.8. The molecule has 0 unspecified atom stereocenters. The van der Waals surface area contributed by atoms with E-state index in [9.17, 15) is 0 Å². The van der Waals surface area contributed by atoms with Crippen LogP contribution in [-0.2, 0) is 5.41 Å². The molecular formula is C55H38N2. The molecule has 0 amide bonds. The number of para-hydroxylation sites is 2. The smallest absolute Gasteiger partial charge is 0.0622 e. The Bertz CT molecular complexity index is 3240. The van der Waals surface area contributed by atoms with Gasteiger partial charge in [-0.15, -0.1) is 0 Å². The Morgan fingerprint density at radius 1 is 0.386 bits per heavy atom. The van der Waals surface area contributed by atoms with Crippen molar-refractivity contribution in [3.8, 4) is 50.2 Å². The second-order valence-corrected chi connectivity index (χ2v) is 16.1. The summed E-state index contributed by atoms with van der Waals surface area (Å²) in [6, 6.07) is 71.8. The Kier molecular flexibility index (Phi) is 6.72.